The number of carbonyl (C=O) groups is 4. The molecule has 8 nitrogen and oxygen atoms in total. The molecular formula is C26H24ClN3O5S. The van der Waals surface area contributed by atoms with Crippen LogP contribution in [0.3, 0.4) is 0 Å². The second-order valence-corrected chi connectivity index (χ2v) is 9.92. The molecule has 2 aromatic heterocycles. The van der Waals surface area contributed by atoms with Gasteiger partial charge in [-0.25, -0.2) is 14.5 Å². The van der Waals surface area contributed by atoms with Gasteiger partial charge in [-0.15, -0.1) is 11.3 Å². The molecule has 1 saturated heterocycles. The van der Waals surface area contributed by atoms with Crippen molar-refractivity contribution >= 4 is 58.5 Å². The smallest absolute Gasteiger partial charge is 0.341 e. The Labute approximate surface area is 217 Å². The minimum absolute atomic E-state index is 0.186. The second kappa shape index (κ2) is 9.75. The molecule has 0 unspecified atom stereocenters. The van der Waals surface area contributed by atoms with Crippen molar-refractivity contribution in [2.24, 2.45) is 0 Å². The highest BCUT2D eigenvalue weighted by molar-refractivity contribution is 7.15. The number of barbiturate groups is 1. The number of hydrogen-bond donors (Lipinski definition) is 1. The molecule has 0 atom stereocenters. The number of carbonyl (C=O) groups excluding carboxylic acids is 4. The van der Waals surface area contributed by atoms with Gasteiger partial charge in [0.2, 0.25) is 0 Å². The summed E-state index contributed by atoms with van der Waals surface area (Å²) >= 11 is 7.39. The number of imide groups is 2. The van der Waals surface area contributed by atoms with E-state index in [1.54, 1.807) is 19.1 Å². The first-order chi connectivity index (χ1) is 17.0. The predicted octanol–water partition coefficient (Wildman–Crippen LogP) is 5.27. The topological polar surface area (TPSA) is 97.7 Å². The maximum atomic E-state index is 13.2. The fourth-order valence-corrected chi connectivity index (χ4v) is 5.48. The number of aromatic nitrogens is 1. The summed E-state index contributed by atoms with van der Waals surface area (Å²) in [6.45, 7) is 9.55. The van der Waals surface area contributed by atoms with Gasteiger partial charge < -0.3 is 9.30 Å². The first-order valence-corrected chi connectivity index (χ1v) is 12.4. The van der Waals surface area contributed by atoms with Crippen LogP contribution in [0, 0.1) is 27.7 Å². The van der Waals surface area contributed by atoms with Gasteiger partial charge in [-0.05, 0) is 82.2 Å². The van der Waals surface area contributed by atoms with E-state index in [0.29, 0.717) is 21.2 Å². The zero-order chi connectivity index (χ0) is 26.3. The van der Waals surface area contributed by atoms with E-state index >= 15 is 0 Å². The molecule has 0 saturated carbocycles. The molecular weight excluding hydrogens is 502 g/mol. The number of nitrogens with zero attached hydrogens (tertiary/aromatic N) is 2. The Bertz CT molecular complexity index is 1450. The van der Waals surface area contributed by atoms with Crippen molar-refractivity contribution in [3.63, 3.8) is 0 Å². The van der Waals surface area contributed by atoms with Gasteiger partial charge in [0.15, 0.2) is 0 Å². The van der Waals surface area contributed by atoms with Crippen LogP contribution in [-0.4, -0.2) is 35.0 Å². The van der Waals surface area contributed by atoms with Gasteiger partial charge in [-0.2, -0.15) is 0 Å². The molecule has 1 aromatic carbocycles. The Morgan fingerprint density at radius 3 is 2.42 bits per heavy atom. The van der Waals surface area contributed by atoms with E-state index in [0.717, 1.165) is 26.7 Å². The summed E-state index contributed by atoms with van der Waals surface area (Å²) in [6, 6.07) is 7.15. The minimum Gasteiger partial charge on any atom is -0.462 e. The van der Waals surface area contributed by atoms with Gasteiger partial charge in [-0.1, -0.05) is 11.6 Å². The third kappa shape index (κ3) is 4.36. The monoisotopic (exact) mass is 525 g/mol. The molecule has 1 N–H and O–H groups in total. The van der Waals surface area contributed by atoms with Crippen molar-refractivity contribution in [1.82, 2.24) is 9.88 Å². The molecule has 186 valence electrons. The lowest BCUT2D eigenvalue weighted by Gasteiger charge is -2.26. The SMILES string of the molecule is CCOC(=O)c1c(-n2c(C)cc(/C=C3\C(=O)NC(=O)N(c4ccc(Cl)cc4)C3=O)c2C)sc(C)c1C. The van der Waals surface area contributed by atoms with Crippen LogP contribution in [0.25, 0.3) is 11.1 Å². The van der Waals surface area contributed by atoms with Crippen molar-refractivity contribution in [2.45, 2.75) is 34.6 Å². The molecule has 1 fully saturated rings. The fraction of sp³-hybridized carbons (Fsp3) is 0.231. The zero-order valence-electron chi connectivity index (χ0n) is 20.4. The number of aryl methyl sites for hydroxylation is 2. The Morgan fingerprint density at radius 2 is 1.78 bits per heavy atom. The van der Waals surface area contributed by atoms with Gasteiger partial charge in [-0.3, -0.25) is 14.9 Å². The van der Waals surface area contributed by atoms with E-state index in [9.17, 15) is 19.2 Å². The quantitative estimate of drug-likeness (QED) is 0.278. The van der Waals surface area contributed by atoms with Gasteiger partial charge in [0.25, 0.3) is 11.8 Å². The molecule has 0 bridgehead atoms. The predicted molar refractivity (Wildman–Crippen MR) is 139 cm³/mol. The molecule has 1 aliphatic heterocycles. The van der Waals surface area contributed by atoms with E-state index in [4.69, 9.17) is 16.3 Å². The fourth-order valence-electron chi connectivity index (χ4n) is 4.09. The highest BCUT2D eigenvalue weighted by atomic mass is 35.5. The molecule has 4 rings (SSSR count). The van der Waals surface area contributed by atoms with Crippen LogP contribution in [0.15, 0.2) is 35.9 Å². The van der Waals surface area contributed by atoms with Crippen molar-refractivity contribution in [2.75, 3.05) is 11.5 Å². The highest BCUT2D eigenvalue weighted by Crippen LogP contribution is 2.35. The summed E-state index contributed by atoms with van der Waals surface area (Å²) < 4.78 is 7.20. The van der Waals surface area contributed by atoms with Crippen molar-refractivity contribution in [1.29, 1.82) is 0 Å². The summed E-state index contributed by atoms with van der Waals surface area (Å²) in [5.41, 5.74) is 3.58. The summed E-state index contributed by atoms with van der Waals surface area (Å²) in [4.78, 5) is 53.0. The average molecular weight is 526 g/mol. The summed E-state index contributed by atoms with van der Waals surface area (Å²) in [5.74, 6) is -1.93. The van der Waals surface area contributed by atoms with Crippen LogP contribution in [-0.2, 0) is 14.3 Å². The number of anilines is 1. The molecule has 36 heavy (non-hydrogen) atoms. The molecule has 0 radical (unpaired) electrons. The van der Waals surface area contributed by atoms with Crippen LogP contribution in [0.5, 0.6) is 0 Å². The van der Waals surface area contributed by atoms with Crippen LogP contribution < -0.4 is 10.2 Å². The molecule has 1 aliphatic rings. The number of ether oxygens (including phenoxy) is 1. The molecule has 0 aliphatic carbocycles. The summed E-state index contributed by atoms with van der Waals surface area (Å²) in [5, 5.41) is 3.38. The Kier molecular flexibility index (Phi) is 6.88. The number of hydrogen-bond acceptors (Lipinski definition) is 6. The lowest BCUT2D eigenvalue weighted by atomic mass is 10.1. The van der Waals surface area contributed by atoms with Crippen molar-refractivity contribution in [3.05, 3.63) is 73.9 Å². The summed E-state index contributed by atoms with van der Waals surface area (Å²) in [7, 11) is 0. The van der Waals surface area contributed by atoms with Crippen LogP contribution in [0.1, 0.15) is 44.7 Å². The standard InChI is InChI=1S/C26H24ClN3O5S/c1-6-35-25(33)21-14(3)16(5)36-24(21)29-13(2)11-17(15(29)4)12-20-22(31)28-26(34)30(23(20)32)19-9-7-18(27)8-10-19/h7-12H,6H2,1-5H3,(H,28,31,34)/b20-12+. The maximum absolute atomic E-state index is 13.2. The number of esters is 1. The third-order valence-corrected chi connectivity index (χ3v) is 7.45. The number of nitrogens with one attached hydrogen (secondary N) is 1. The number of benzene rings is 1. The van der Waals surface area contributed by atoms with Crippen LogP contribution in [0.2, 0.25) is 5.02 Å². The third-order valence-electron chi connectivity index (χ3n) is 6.01. The largest absolute Gasteiger partial charge is 0.462 e. The zero-order valence-corrected chi connectivity index (χ0v) is 22.0. The van der Waals surface area contributed by atoms with Gasteiger partial charge >= 0.3 is 12.0 Å². The minimum atomic E-state index is -0.835. The van der Waals surface area contributed by atoms with E-state index in [1.807, 2.05) is 38.3 Å². The number of urea groups is 1. The summed E-state index contributed by atoms with van der Waals surface area (Å²) in [6.07, 6.45) is 1.46. The molecule has 3 aromatic rings. The van der Waals surface area contributed by atoms with Crippen molar-refractivity contribution < 1.29 is 23.9 Å². The lowest BCUT2D eigenvalue weighted by Crippen LogP contribution is -2.54. The Hall–Kier alpha value is -3.69. The van der Waals surface area contributed by atoms with Gasteiger partial charge in [0.05, 0.1) is 17.9 Å². The normalized spacial score (nSPS) is 15.0. The lowest BCUT2D eigenvalue weighted by molar-refractivity contribution is -0.122. The average Bonchev–Trinajstić information content (AvgIpc) is 3.26. The van der Waals surface area contributed by atoms with Crippen LogP contribution in [0.4, 0.5) is 10.5 Å². The number of halogens is 1. The van der Waals surface area contributed by atoms with E-state index in [-0.39, 0.29) is 17.9 Å². The highest BCUT2D eigenvalue weighted by Gasteiger charge is 2.37. The Balaban J connectivity index is 1.79. The van der Waals surface area contributed by atoms with E-state index < -0.39 is 23.8 Å². The molecule has 10 heteroatoms. The van der Waals surface area contributed by atoms with Crippen molar-refractivity contribution in [3.8, 4) is 5.00 Å². The number of amides is 4. The van der Waals surface area contributed by atoms with Gasteiger partial charge in [0, 0.05) is 21.3 Å². The Morgan fingerprint density at radius 1 is 1.11 bits per heavy atom. The van der Waals surface area contributed by atoms with Crippen LogP contribution >= 0.6 is 22.9 Å². The van der Waals surface area contributed by atoms with E-state index in [2.05, 4.69) is 5.32 Å². The molecule has 0 spiro atoms. The first kappa shape index (κ1) is 25.4. The molecule has 3 heterocycles. The number of thiophene rings is 1. The maximum Gasteiger partial charge on any atom is 0.341 e. The van der Waals surface area contributed by atoms with Gasteiger partial charge in [0.1, 0.15) is 10.6 Å². The molecule has 4 amide bonds. The first-order valence-electron chi connectivity index (χ1n) is 11.2. The number of rotatable bonds is 5. The second-order valence-electron chi connectivity index (χ2n) is 8.28. The van der Waals surface area contributed by atoms with E-state index in [1.165, 1.54) is 29.5 Å².